The second-order valence-electron chi connectivity index (χ2n) is 15.4. The summed E-state index contributed by atoms with van der Waals surface area (Å²) in [5, 5.41) is 12.3. The van der Waals surface area contributed by atoms with Crippen molar-refractivity contribution in [3.63, 3.8) is 0 Å². The van der Waals surface area contributed by atoms with E-state index in [-0.39, 0.29) is 39.1 Å². The fourth-order valence-corrected chi connectivity index (χ4v) is 10.9. The highest BCUT2D eigenvalue weighted by atomic mass is 32.2. The average Bonchev–Trinajstić information content (AvgIpc) is 4.24. The Morgan fingerprint density at radius 3 is 1.75 bits per heavy atom. The Morgan fingerprint density at radius 1 is 0.746 bits per heavy atom. The Labute approximate surface area is 370 Å². The summed E-state index contributed by atoms with van der Waals surface area (Å²) in [6.45, 7) is 4.22. The van der Waals surface area contributed by atoms with Gasteiger partial charge >= 0.3 is 11.9 Å². The zero-order chi connectivity index (χ0) is 44.6. The number of carboxylic acid groups (broad SMARTS) is 1. The van der Waals surface area contributed by atoms with Gasteiger partial charge < -0.3 is 33.5 Å². The molecule has 2 aliphatic heterocycles. The molecule has 16 nitrogen and oxygen atoms in total. The van der Waals surface area contributed by atoms with Crippen molar-refractivity contribution < 1.29 is 64.7 Å². The third kappa shape index (κ3) is 12.3. The molecule has 0 bridgehead atoms. The van der Waals surface area contributed by atoms with Gasteiger partial charge in [-0.1, -0.05) is 41.7 Å². The van der Waals surface area contributed by atoms with Crippen molar-refractivity contribution in [3.05, 3.63) is 95.7 Å². The van der Waals surface area contributed by atoms with Gasteiger partial charge in [-0.25, -0.2) is 31.4 Å². The Kier molecular flexibility index (Phi) is 15.3. The first-order valence-electron chi connectivity index (χ1n) is 20.9. The van der Waals surface area contributed by atoms with Crippen LogP contribution in [0.1, 0.15) is 92.0 Å². The number of amides is 1. The van der Waals surface area contributed by atoms with Crippen molar-refractivity contribution in [3.8, 4) is 10.8 Å². The standard InChI is InChI=1S/C28H30N2O8S2.C16H20O6S/c1-2-36-27(32)19-4-3-5-21(16-19)37-24-17-29-28(39-24)30-26(31)25(38-20-12-14-35-15-13-20)18-6-8-22(9-7-18)40(33,34)23-10-11-23;17-16(18)15(22-12-7-9-21-10-8-12)11-1-3-13(4-2-11)23(19,20)14-5-6-14/h3-9,16-17,20,23,25H,2,10-15H2,1H3,(H,29,30,31);1-4,12,14-15H,5-10H2,(H,17,18). The quantitative estimate of drug-likeness (QED) is 0.103. The normalized spacial score (nSPS) is 18.3. The van der Waals surface area contributed by atoms with Crippen LogP contribution in [0.5, 0.6) is 10.8 Å². The van der Waals surface area contributed by atoms with E-state index >= 15 is 0 Å². The SMILES string of the molecule is CCOC(=O)c1cccc(Oc2cnc(NC(=O)C(OC3CCOCC3)c3ccc(S(=O)(=O)C4CC4)cc3)s2)c1.O=C(O)C(OC1CCOCC1)c1ccc(S(=O)(=O)C2CC2)cc1. The van der Waals surface area contributed by atoms with E-state index in [0.29, 0.717) is 110 Å². The summed E-state index contributed by atoms with van der Waals surface area (Å²) in [4.78, 5) is 41.7. The number of hydrogen-bond acceptors (Lipinski definition) is 15. The minimum atomic E-state index is -3.34. The number of carbonyl (C=O) groups excluding carboxylic acids is 2. The van der Waals surface area contributed by atoms with Crippen LogP contribution >= 0.6 is 11.3 Å². The fourth-order valence-electron chi connectivity index (χ4n) is 6.94. The Morgan fingerprint density at radius 2 is 1.25 bits per heavy atom. The molecule has 63 heavy (non-hydrogen) atoms. The van der Waals surface area contributed by atoms with Crippen molar-refractivity contribution >= 4 is 54.0 Å². The molecule has 4 aliphatic rings. The largest absolute Gasteiger partial charge is 0.479 e. The molecule has 0 spiro atoms. The molecule has 0 radical (unpaired) electrons. The second-order valence-corrected chi connectivity index (χ2v) is 20.9. The van der Waals surface area contributed by atoms with Gasteiger partial charge in [0.1, 0.15) is 5.75 Å². The molecule has 2 saturated heterocycles. The van der Waals surface area contributed by atoms with E-state index in [0.717, 1.165) is 11.3 Å². The summed E-state index contributed by atoms with van der Waals surface area (Å²) in [6.07, 6.45) is 4.47. The highest BCUT2D eigenvalue weighted by Crippen LogP contribution is 2.37. The van der Waals surface area contributed by atoms with Crippen LogP contribution in [-0.4, -0.2) is 101 Å². The van der Waals surface area contributed by atoms with E-state index in [1.807, 2.05) is 0 Å². The van der Waals surface area contributed by atoms with Gasteiger partial charge in [0.15, 0.2) is 37.0 Å². The first-order chi connectivity index (χ1) is 30.3. The van der Waals surface area contributed by atoms with Gasteiger partial charge in [0, 0.05) is 26.4 Å². The number of aromatic nitrogens is 1. The van der Waals surface area contributed by atoms with Crippen LogP contribution in [0, 0.1) is 0 Å². The van der Waals surface area contributed by atoms with Gasteiger partial charge in [-0.15, -0.1) is 0 Å². The molecule has 4 fully saturated rings. The summed E-state index contributed by atoms with van der Waals surface area (Å²) in [5.74, 6) is -1.53. The van der Waals surface area contributed by atoms with Crippen molar-refractivity contribution in [2.24, 2.45) is 0 Å². The molecule has 338 valence electrons. The number of anilines is 1. The minimum absolute atomic E-state index is 0.153. The van der Waals surface area contributed by atoms with Gasteiger partial charge in [0.25, 0.3) is 5.91 Å². The third-order valence-corrected chi connectivity index (χ3v) is 16.0. The number of hydrogen-bond donors (Lipinski definition) is 2. The summed E-state index contributed by atoms with van der Waals surface area (Å²) in [6, 6.07) is 19.0. The molecule has 1 amide bonds. The fraction of sp³-hybridized carbons (Fsp3) is 0.455. The van der Waals surface area contributed by atoms with Crippen molar-refractivity contribution in [1.29, 1.82) is 0 Å². The average molecular weight is 927 g/mol. The maximum Gasteiger partial charge on any atom is 0.338 e. The van der Waals surface area contributed by atoms with E-state index < -0.39 is 49.7 Å². The van der Waals surface area contributed by atoms with Gasteiger partial charge in [-0.3, -0.25) is 10.1 Å². The van der Waals surface area contributed by atoms with Crippen LogP contribution in [0.3, 0.4) is 0 Å². The predicted octanol–water partition coefficient (Wildman–Crippen LogP) is 6.87. The molecule has 8 rings (SSSR count). The molecule has 3 heterocycles. The monoisotopic (exact) mass is 926 g/mol. The second kappa shape index (κ2) is 20.8. The maximum atomic E-state index is 13.4. The molecule has 1 aromatic heterocycles. The van der Waals surface area contributed by atoms with E-state index in [1.165, 1.54) is 42.6 Å². The van der Waals surface area contributed by atoms with Crippen molar-refractivity contribution in [1.82, 2.24) is 4.98 Å². The minimum Gasteiger partial charge on any atom is -0.479 e. The molecule has 2 saturated carbocycles. The number of nitrogens with zero attached hydrogens (tertiary/aromatic N) is 1. The molecule has 3 aromatic carbocycles. The van der Waals surface area contributed by atoms with Gasteiger partial charge in [-0.05, 0) is 112 Å². The van der Waals surface area contributed by atoms with Crippen LogP contribution in [0.15, 0.2) is 88.8 Å². The number of carbonyl (C=O) groups is 3. The van der Waals surface area contributed by atoms with Gasteiger partial charge in [0.05, 0.1) is 50.9 Å². The number of sulfone groups is 2. The van der Waals surface area contributed by atoms with Crippen LogP contribution < -0.4 is 10.1 Å². The number of ether oxygens (including phenoxy) is 6. The van der Waals surface area contributed by atoms with Crippen LogP contribution in [0.25, 0.3) is 0 Å². The van der Waals surface area contributed by atoms with E-state index in [4.69, 9.17) is 28.4 Å². The maximum absolute atomic E-state index is 13.4. The molecule has 2 atom stereocenters. The first-order valence-corrected chi connectivity index (χ1v) is 24.8. The lowest BCUT2D eigenvalue weighted by atomic mass is 10.1. The zero-order valence-corrected chi connectivity index (χ0v) is 37.0. The Balaban J connectivity index is 0.000000219. The Hall–Kier alpha value is -4.76. The molecular weight excluding hydrogens is 877 g/mol. The summed E-state index contributed by atoms with van der Waals surface area (Å²) < 4.78 is 83.0. The van der Waals surface area contributed by atoms with E-state index in [1.54, 1.807) is 43.3 Å². The first kappa shape index (κ1) is 46.2. The van der Waals surface area contributed by atoms with E-state index in [2.05, 4.69) is 10.3 Å². The predicted molar refractivity (Wildman–Crippen MR) is 229 cm³/mol. The number of esters is 1. The summed E-state index contributed by atoms with van der Waals surface area (Å²) in [7, 11) is -6.60. The van der Waals surface area contributed by atoms with Gasteiger partial charge in [0.2, 0.25) is 5.06 Å². The van der Waals surface area contributed by atoms with Gasteiger partial charge in [-0.2, -0.15) is 0 Å². The van der Waals surface area contributed by atoms with Crippen LogP contribution in [-0.2, 0) is 52.9 Å². The van der Waals surface area contributed by atoms with Crippen molar-refractivity contribution in [2.75, 3.05) is 38.4 Å². The van der Waals surface area contributed by atoms with Crippen LogP contribution in [0.2, 0.25) is 0 Å². The lowest BCUT2D eigenvalue weighted by molar-refractivity contribution is -0.158. The molecule has 2 unspecified atom stereocenters. The summed E-state index contributed by atoms with van der Waals surface area (Å²) >= 11 is 1.12. The number of rotatable bonds is 17. The lowest BCUT2D eigenvalue weighted by Gasteiger charge is -2.27. The topological polar surface area (TPSA) is 220 Å². The zero-order valence-electron chi connectivity index (χ0n) is 34.6. The number of nitrogens with one attached hydrogen (secondary N) is 1. The molecule has 4 aromatic rings. The molecular formula is C44H50N2O14S3. The Bertz CT molecular complexity index is 2420. The molecule has 2 N–H and O–H groups in total. The molecule has 19 heteroatoms. The number of aliphatic carboxylic acids is 1. The third-order valence-electron chi connectivity index (χ3n) is 10.7. The smallest absolute Gasteiger partial charge is 0.338 e. The highest BCUT2D eigenvalue weighted by Gasteiger charge is 2.38. The number of carboxylic acids is 1. The lowest BCUT2D eigenvalue weighted by Crippen LogP contribution is -2.31. The molecule has 2 aliphatic carbocycles. The number of benzene rings is 3. The highest BCUT2D eigenvalue weighted by molar-refractivity contribution is 7.92. The summed E-state index contributed by atoms with van der Waals surface area (Å²) in [5.41, 5.74) is 1.36. The van der Waals surface area contributed by atoms with Crippen LogP contribution in [0.4, 0.5) is 5.13 Å². The van der Waals surface area contributed by atoms with Crippen molar-refractivity contribution in [2.45, 2.75) is 103 Å². The van der Waals surface area contributed by atoms with E-state index in [9.17, 15) is 36.3 Å². The number of thiazole rings is 1.